The first-order valence-electron chi connectivity index (χ1n) is 11.2. The molecule has 0 saturated carbocycles. The van der Waals surface area contributed by atoms with Crippen LogP contribution in [0.5, 0.6) is 5.75 Å². The SMILES string of the molecule is Oc1ccccc1-c1ccc(C[P+](c2ccccc2)(c2ccccc2)c2ccccc2)cc1. The van der Waals surface area contributed by atoms with Crippen molar-refractivity contribution in [2.24, 2.45) is 0 Å². The summed E-state index contributed by atoms with van der Waals surface area (Å²) >= 11 is 0. The Kier molecular flexibility index (Phi) is 6.07. The molecule has 5 aromatic rings. The van der Waals surface area contributed by atoms with Gasteiger partial charge in [-0.25, -0.2) is 0 Å². The highest BCUT2D eigenvalue weighted by Gasteiger charge is 2.45. The largest absolute Gasteiger partial charge is 0.507 e. The van der Waals surface area contributed by atoms with Crippen molar-refractivity contribution < 1.29 is 5.11 Å². The van der Waals surface area contributed by atoms with Gasteiger partial charge in [0, 0.05) is 5.56 Å². The number of phenols is 1. The van der Waals surface area contributed by atoms with E-state index in [4.69, 9.17) is 0 Å². The van der Waals surface area contributed by atoms with Crippen LogP contribution in [0.4, 0.5) is 0 Å². The molecular weight excluding hydrogens is 419 g/mol. The van der Waals surface area contributed by atoms with Crippen molar-refractivity contribution >= 4 is 23.2 Å². The Morgan fingerprint density at radius 2 is 0.879 bits per heavy atom. The van der Waals surface area contributed by atoms with Crippen molar-refractivity contribution in [3.05, 3.63) is 145 Å². The standard InChI is InChI=1S/C31H25OP/c32-31-19-11-10-18-30(31)26-22-20-25(21-23-26)24-33(27-12-4-1-5-13-27,28-14-6-2-7-15-28)29-16-8-3-9-17-29/h1-23H,24H2/p+1. The summed E-state index contributed by atoms with van der Waals surface area (Å²) in [6, 6.07) is 49.1. The molecule has 0 atom stereocenters. The molecule has 2 heteroatoms. The minimum atomic E-state index is -1.92. The van der Waals surface area contributed by atoms with Gasteiger partial charge >= 0.3 is 0 Å². The molecule has 5 rings (SSSR count). The molecule has 0 heterocycles. The van der Waals surface area contributed by atoms with E-state index in [1.165, 1.54) is 21.5 Å². The van der Waals surface area contributed by atoms with Crippen LogP contribution in [0.15, 0.2) is 140 Å². The average molecular weight is 446 g/mol. The van der Waals surface area contributed by atoms with E-state index < -0.39 is 7.26 Å². The molecule has 0 bridgehead atoms. The van der Waals surface area contributed by atoms with Crippen molar-refractivity contribution in [3.63, 3.8) is 0 Å². The molecule has 0 fully saturated rings. The zero-order valence-corrected chi connectivity index (χ0v) is 19.3. The molecule has 5 aromatic carbocycles. The van der Waals surface area contributed by atoms with Crippen LogP contribution in [0.25, 0.3) is 11.1 Å². The molecule has 0 spiro atoms. The Morgan fingerprint density at radius 1 is 0.455 bits per heavy atom. The third-order valence-electron chi connectivity index (χ3n) is 6.18. The summed E-state index contributed by atoms with van der Waals surface area (Å²) in [5.74, 6) is 0.310. The van der Waals surface area contributed by atoms with Gasteiger partial charge < -0.3 is 5.11 Å². The molecule has 0 aliphatic heterocycles. The topological polar surface area (TPSA) is 20.2 Å². The lowest BCUT2D eigenvalue weighted by Crippen LogP contribution is -2.32. The van der Waals surface area contributed by atoms with Gasteiger partial charge in [-0.3, -0.25) is 0 Å². The summed E-state index contributed by atoms with van der Waals surface area (Å²) < 4.78 is 0. The summed E-state index contributed by atoms with van der Waals surface area (Å²) in [6.07, 6.45) is 0.937. The van der Waals surface area contributed by atoms with E-state index in [-0.39, 0.29) is 0 Å². The summed E-state index contributed by atoms with van der Waals surface area (Å²) in [7, 11) is -1.92. The van der Waals surface area contributed by atoms with Crippen LogP contribution in [-0.2, 0) is 6.16 Å². The first-order valence-corrected chi connectivity index (χ1v) is 13.2. The smallest absolute Gasteiger partial charge is 0.123 e. The van der Waals surface area contributed by atoms with Gasteiger partial charge in [0.15, 0.2) is 0 Å². The summed E-state index contributed by atoms with van der Waals surface area (Å²) in [4.78, 5) is 0. The van der Waals surface area contributed by atoms with E-state index in [1.807, 2.05) is 18.2 Å². The number of hydrogen-bond donors (Lipinski definition) is 1. The Morgan fingerprint density at radius 3 is 1.33 bits per heavy atom. The van der Waals surface area contributed by atoms with E-state index in [9.17, 15) is 5.11 Å². The molecule has 0 unspecified atom stereocenters. The van der Waals surface area contributed by atoms with Crippen molar-refractivity contribution in [2.75, 3.05) is 0 Å². The second-order valence-corrected chi connectivity index (χ2v) is 11.7. The van der Waals surface area contributed by atoms with Crippen LogP contribution in [0.2, 0.25) is 0 Å². The molecule has 0 saturated heterocycles. The van der Waals surface area contributed by atoms with Gasteiger partial charge in [0.25, 0.3) is 0 Å². The number of aromatic hydroxyl groups is 1. The fourth-order valence-corrected chi connectivity index (χ4v) is 8.79. The third kappa shape index (κ3) is 4.21. The van der Waals surface area contributed by atoms with Gasteiger partial charge in [0.2, 0.25) is 0 Å². The molecule has 0 aliphatic rings. The van der Waals surface area contributed by atoms with Gasteiger partial charge in [-0.2, -0.15) is 0 Å². The van der Waals surface area contributed by atoms with Crippen LogP contribution in [-0.4, -0.2) is 5.11 Å². The lowest BCUT2D eigenvalue weighted by molar-refractivity contribution is 0.477. The number of hydrogen-bond acceptors (Lipinski definition) is 1. The Bertz CT molecular complexity index is 1220. The Labute approximate surface area is 196 Å². The molecule has 1 nitrogen and oxygen atoms in total. The molecule has 160 valence electrons. The zero-order chi connectivity index (χ0) is 22.5. The van der Waals surface area contributed by atoms with E-state index in [2.05, 4.69) is 115 Å². The van der Waals surface area contributed by atoms with Gasteiger partial charge in [0.05, 0.1) is 6.16 Å². The molecule has 0 aliphatic carbocycles. The number of phenolic OH excluding ortho intramolecular Hbond substituents is 1. The lowest BCUT2D eigenvalue weighted by Gasteiger charge is -2.28. The normalized spacial score (nSPS) is 11.3. The average Bonchev–Trinajstić information content (AvgIpc) is 2.90. The number of rotatable bonds is 6. The van der Waals surface area contributed by atoms with Crippen molar-refractivity contribution in [1.82, 2.24) is 0 Å². The first-order chi connectivity index (χ1) is 16.3. The summed E-state index contributed by atoms with van der Waals surface area (Å²) in [6.45, 7) is 0. The minimum absolute atomic E-state index is 0.310. The minimum Gasteiger partial charge on any atom is -0.507 e. The van der Waals surface area contributed by atoms with Crippen molar-refractivity contribution in [1.29, 1.82) is 0 Å². The van der Waals surface area contributed by atoms with Crippen LogP contribution >= 0.6 is 7.26 Å². The quantitative estimate of drug-likeness (QED) is 0.294. The van der Waals surface area contributed by atoms with Crippen LogP contribution in [0, 0.1) is 0 Å². The van der Waals surface area contributed by atoms with Gasteiger partial charge in [-0.05, 0) is 53.6 Å². The third-order valence-corrected chi connectivity index (χ3v) is 10.6. The van der Waals surface area contributed by atoms with Crippen LogP contribution < -0.4 is 15.9 Å². The zero-order valence-electron chi connectivity index (χ0n) is 18.4. The molecule has 0 radical (unpaired) electrons. The molecule has 0 aromatic heterocycles. The van der Waals surface area contributed by atoms with E-state index in [0.717, 1.165) is 17.3 Å². The summed E-state index contributed by atoms with van der Waals surface area (Å²) in [5.41, 5.74) is 3.18. The molecule has 1 N–H and O–H groups in total. The predicted molar refractivity (Wildman–Crippen MR) is 142 cm³/mol. The van der Waals surface area contributed by atoms with Crippen molar-refractivity contribution in [3.8, 4) is 16.9 Å². The lowest BCUT2D eigenvalue weighted by atomic mass is 10.0. The van der Waals surface area contributed by atoms with Gasteiger partial charge in [-0.1, -0.05) is 97.1 Å². The highest BCUT2D eigenvalue weighted by Crippen LogP contribution is 2.58. The Balaban J connectivity index is 1.65. The number of para-hydroxylation sites is 1. The van der Waals surface area contributed by atoms with Crippen LogP contribution in [0.3, 0.4) is 0 Å². The first kappa shape index (κ1) is 21.2. The van der Waals surface area contributed by atoms with Gasteiger partial charge in [-0.15, -0.1) is 0 Å². The second kappa shape index (κ2) is 9.45. The summed E-state index contributed by atoms with van der Waals surface area (Å²) in [5, 5.41) is 14.4. The maximum Gasteiger partial charge on any atom is 0.123 e. The van der Waals surface area contributed by atoms with Gasteiger partial charge in [0.1, 0.15) is 28.9 Å². The Hall–Kier alpha value is -3.67. The molecular formula is C31H26OP+. The van der Waals surface area contributed by atoms with E-state index >= 15 is 0 Å². The maximum atomic E-state index is 10.3. The molecule has 33 heavy (non-hydrogen) atoms. The molecule has 0 amide bonds. The monoisotopic (exact) mass is 445 g/mol. The maximum absolute atomic E-state index is 10.3. The van der Waals surface area contributed by atoms with Crippen molar-refractivity contribution in [2.45, 2.75) is 6.16 Å². The van der Waals surface area contributed by atoms with E-state index in [1.54, 1.807) is 6.07 Å². The highest BCUT2D eigenvalue weighted by atomic mass is 31.2. The fourth-order valence-electron chi connectivity index (χ4n) is 4.55. The van der Waals surface area contributed by atoms with E-state index in [0.29, 0.717) is 5.75 Å². The van der Waals surface area contributed by atoms with Crippen LogP contribution in [0.1, 0.15) is 5.56 Å². The second-order valence-electron chi connectivity index (χ2n) is 8.19. The highest BCUT2D eigenvalue weighted by molar-refractivity contribution is 7.95. The number of benzene rings is 5. The predicted octanol–water partition coefficient (Wildman–Crippen LogP) is 6.55. The fraction of sp³-hybridized carbons (Fsp3) is 0.0323.